The summed E-state index contributed by atoms with van der Waals surface area (Å²) in [5.41, 5.74) is 5.36. The van der Waals surface area contributed by atoms with Gasteiger partial charge in [0.05, 0.1) is 11.7 Å². The van der Waals surface area contributed by atoms with Crippen LogP contribution in [0.3, 0.4) is 0 Å². The summed E-state index contributed by atoms with van der Waals surface area (Å²) in [5.74, 6) is -0.189. The van der Waals surface area contributed by atoms with Crippen LogP contribution in [0, 0.1) is 6.92 Å². The van der Waals surface area contributed by atoms with Gasteiger partial charge >= 0.3 is 0 Å². The van der Waals surface area contributed by atoms with Crippen LogP contribution in [-0.2, 0) is 4.79 Å². The van der Waals surface area contributed by atoms with Gasteiger partial charge in [-0.3, -0.25) is 9.78 Å². The van der Waals surface area contributed by atoms with Crippen LogP contribution in [0.15, 0.2) is 35.6 Å². The molecule has 17 heavy (non-hydrogen) atoms. The number of hydrogen-bond donors (Lipinski definition) is 1. The van der Waals surface area contributed by atoms with E-state index in [1.54, 1.807) is 12.4 Å². The molecule has 1 heterocycles. The van der Waals surface area contributed by atoms with Crippen molar-refractivity contribution in [2.24, 2.45) is 5.10 Å². The Hall–Kier alpha value is -2.23. The zero-order chi connectivity index (χ0) is 12.3. The first-order valence-corrected chi connectivity index (χ1v) is 5.31. The Morgan fingerprint density at radius 3 is 3.00 bits per heavy atom. The number of hydrazone groups is 1. The van der Waals surface area contributed by atoms with Gasteiger partial charge in [0, 0.05) is 24.1 Å². The Balaban J connectivity index is 2.30. The Labute approximate surface area is 99.4 Å². The summed E-state index contributed by atoms with van der Waals surface area (Å²) < 4.78 is 0. The van der Waals surface area contributed by atoms with Crippen LogP contribution in [0.5, 0.6) is 0 Å². The molecule has 0 unspecified atom stereocenters. The average molecular weight is 227 g/mol. The maximum atomic E-state index is 10.7. The number of amides is 1. The minimum absolute atomic E-state index is 0.189. The van der Waals surface area contributed by atoms with E-state index in [2.05, 4.69) is 21.6 Å². The Morgan fingerprint density at radius 2 is 2.24 bits per heavy atom. The number of carbonyl (C=O) groups excluding carboxylic acids is 1. The van der Waals surface area contributed by atoms with Gasteiger partial charge in [0.2, 0.25) is 5.91 Å². The average Bonchev–Trinajstić information content (AvgIpc) is 2.28. The van der Waals surface area contributed by atoms with Gasteiger partial charge < -0.3 is 0 Å². The van der Waals surface area contributed by atoms with Crippen molar-refractivity contribution in [1.29, 1.82) is 0 Å². The Kier molecular flexibility index (Phi) is 3.14. The van der Waals surface area contributed by atoms with Gasteiger partial charge in [-0.25, -0.2) is 5.43 Å². The lowest BCUT2D eigenvalue weighted by atomic mass is 10.1. The summed E-state index contributed by atoms with van der Waals surface area (Å²) in [6, 6.07) is 8.07. The molecular formula is C13H13N3O. The maximum absolute atomic E-state index is 10.7. The van der Waals surface area contributed by atoms with E-state index >= 15 is 0 Å². The van der Waals surface area contributed by atoms with E-state index in [9.17, 15) is 4.79 Å². The van der Waals surface area contributed by atoms with Crippen LogP contribution in [0.4, 0.5) is 0 Å². The summed E-state index contributed by atoms with van der Waals surface area (Å²) in [7, 11) is 0. The van der Waals surface area contributed by atoms with Gasteiger partial charge in [-0.15, -0.1) is 0 Å². The standard InChI is InChI=1S/C13H13N3O/c1-9-3-4-13-12(5-9)6-11(7-14-13)8-15-16-10(2)17/h3-8H,1-2H3,(H,16,17)/b15-8-. The molecule has 86 valence electrons. The summed E-state index contributed by atoms with van der Waals surface area (Å²) >= 11 is 0. The molecule has 0 aliphatic heterocycles. The number of aromatic nitrogens is 1. The van der Waals surface area contributed by atoms with Crippen molar-refractivity contribution in [1.82, 2.24) is 10.4 Å². The van der Waals surface area contributed by atoms with Crippen molar-refractivity contribution in [3.8, 4) is 0 Å². The molecule has 4 heteroatoms. The third-order valence-electron chi connectivity index (χ3n) is 2.29. The highest BCUT2D eigenvalue weighted by atomic mass is 16.2. The molecule has 1 aromatic carbocycles. The lowest BCUT2D eigenvalue weighted by Gasteiger charge is -2.00. The third kappa shape index (κ3) is 2.87. The van der Waals surface area contributed by atoms with Crippen LogP contribution in [0.1, 0.15) is 18.1 Å². The molecule has 2 rings (SSSR count). The highest BCUT2D eigenvalue weighted by Crippen LogP contribution is 2.14. The van der Waals surface area contributed by atoms with E-state index in [0.717, 1.165) is 16.5 Å². The number of carbonyl (C=O) groups is 1. The summed E-state index contributed by atoms with van der Waals surface area (Å²) in [5, 5.41) is 4.87. The number of aryl methyl sites for hydroxylation is 1. The molecule has 0 saturated heterocycles. The highest BCUT2D eigenvalue weighted by molar-refractivity contribution is 5.88. The molecule has 0 aliphatic rings. The van der Waals surface area contributed by atoms with Crippen LogP contribution < -0.4 is 5.43 Å². The zero-order valence-electron chi connectivity index (χ0n) is 9.77. The molecule has 1 N–H and O–H groups in total. The minimum Gasteiger partial charge on any atom is -0.274 e. The first-order chi connectivity index (χ1) is 8.15. The molecule has 1 amide bonds. The summed E-state index contributed by atoms with van der Waals surface area (Å²) in [6.07, 6.45) is 3.30. The summed E-state index contributed by atoms with van der Waals surface area (Å²) in [4.78, 5) is 15.0. The fourth-order valence-electron chi connectivity index (χ4n) is 1.54. The van der Waals surface area contributed by atoms with Gasteiger partial charge in [-0.2, -0.15) is 5.10 Å². The number of fused-ring (bicyclic) bond motifs is 1. The van der Waals surface area contributed by atoms with Gasteiger partial charge in [0.1, 0.15) is 0 Å². The van der Waals surface area contributed by atoms with Crippen molar-refractivity contribution in [2.45, 2.75) is 13.8 Å². The van der Waals surface area contributed by atoms with E-state index in [4.69, 9.17) is 0 Å². The van der Waals surface area contributed by atoms with Crippen LogP contribution in [0.25, 0.3) is 10.9 Å². The van der Waals surface area contributed by atoms with Crippen LogP contribution in [-0.4, -0.2) is 17.1 Å². The topological polar surface area (TPSA) is 54.4 Å². The lowest BCUT2D eigenvalue weighted by Crippen LogP contribution is -2.12. The van der Waals surface area contributed by atoms with Crippen molar-refractivity contribution in [3.05, 3.63) is 41.6 Å². The van der Waals surface area contributed by atoms with E-state index in [1.165, 1.54) is 12.5 Å². The second-order valence-electron chi connectivity index (χ2n) is 3.89. The van der Waals surface area contributed by atoms with Gasteiger partial charge in [-0.1, -0.05) is 11.6 Å². The molecule has 0 fully saturated rings. The highest BCUT2D eigenvalue weighted by Gasteiger charge is 1.96. The van der Waals surface area contributed by atoms with E-state index in [1.807, 2.05) is 25.1 Å². The van der Waals surface area contributed by atoms with Crippen molar-refractivity contribution in [2.75, 3.05) is 0 Å². The number of pyridine rings is 1. The number of nitrogens with one attached hydrogen (secondary N) is 1. The number of benzene rings is 1. The van der Waals surface area contributed by atoms with Crippen molar-refractivity contribution >= 4 is 23.0 Å². The smallest absolute Gasteiger partial charge is 0.236 e. The third-order valence-corrected chi connectivity index (χ3v) is 2.29. The predicted molar refractivity (Wildman–Crippen MR) is 67.9 cm³/mol. The van der Waals surface area contributed by atoms with Gasteiger partial charge in [0.25, 0.3) is 0 Å². The minimum atomic E-state index is -0.189. The Bertz CT molecular complexity index is 590. The fraction of sp³-hybridized carbons (Fsp3) is 0.154. The molecule has 0 spiro atoms. The van der Waals surface area contributed by atoms with E-state index < -0.39 is 0 Å². The first-order valence-electron chi connectivity index (χ1n) is 5.31. The monoisotopic (exact) mass is 227 g/mol. The van der Waals surface area contributed by atoms with Crippen molar-refractivity contribution < 1.29 is 4.79 Å². The lowest BCUT2D eigenvalue weighted by molar-refractivity contribution is -0.118. The van der Waals surface area contributed by atoms with Gasteiger partial charge in [0.15, 0.2) is 0 Å². The molecule has 2 aromatic rings. The molecule has 4 nitrogen and oxygen atoms in total. The quantitative estimate of drug-likeness (QED) is 0.630. The summed E-state index contributed by atoms with van der Waals surface area (Å²) in [6.45, 7) is 3.46. The molecule has 0 atom stereocenters. The fourth-order valence-corrected chi connectivity index (χ4v) is 1.54. The molecule has 0 saturated carbocycles. The molecule has 0 aliphatic carbocycles. The number of rotatable bonds is 2. The van der Waals surface area contributed by atoms with E-state index in [-0.39, 0.29) is 5.91 Å². The second-order valence-corrected chi connectivity index (χ2v) is 3.89. The molecule has 0 bridgehead atoms. The number of hydrogen-bond acceptors (Lipinski definition) is 3. The Morgan fingerprint density at radius 1 is 1.41 bits per heavy atom. The number of nitrogens with zero attached hydrogens (tertiary/aromatic N) is 2. The predicted octanol–water partition coefficient (Wildman–Crippen LogP) is 2.01. The van der Waals surface area contributed by atoms with Crippen LogP contribution >= 0.6 is 0 Å². The van der Waals surface area contributed by atoms with Crippen molar-refractivity contribution in [3.63, 3.8) is 0 Å². The van der Waals surface area contributed by atoms with E-state index in [0.29, 0.717) is 0 Å². The molecular weight excluding hydrogens is 214 g/mol. The van der Waals surface area contributed by atoms with Crippen LogP contribution in [0.2, 0.25) is 0 Å². The zero-order valence-corrected chi connectivity index (χ0v) is 9.77. The second kappa shape index (κ2) is 4.74. The first kappa shape index (κ1) is 11.3. The SMILES string of the molecule is CC(=O)N/N=C\c1cnc2ccc(C)cc2c1. The normalized spacial score (nSPS) is 10.9. The molecule has 0 radical (unpaired) electrons. The van der Waals surface area contributed by atoms with Gasteiger partial charge in [-0.05, 0) is 25.1 Å². The largest absolute Gasteiger partial charge is 0.274 e. The molecule has 1 aromatic heterocycles. The maximum Gasteiger partial charge on any atom is 0.236 e.